The summed E-state index contributed by atoms with van der Waals surface area (Å²) in [6.45, 7) is 1.39. The molecule has 1 amide bonds. The molecular formula is C19H23NO7. The lowest BCUT2D eigenvalue weighted by Gasteiger charge is -2.22. The van der Waals surface area contributed by atoms with Gasteiger partial charge in [-0.1, -0.05) is 0 Å². The van der Waals surface area contributed by atoms with Crippen LogP contribution in [0.3, 0.4) is 0 Å². The number of carbonyl (C=O) groups is 2. The Kier molecular flexibility index (Phi) is 4.91. The number of aliphatic hydroxyl groups is 1. The minimum Gasteiger partial charge on any atom is -0.507 e. The monoisotopic (exact) mass is 377 g/mol. The highest BCUT2D eigenvalue weighted by Crippen LogP contribution is 2.40. The van der Waals surface area contributed by atoms with E-state index >= 15 is 0 Å². The molecule has 8 nitrogen and oxygen atoms in total. The molecule has 146 valence electrons. The maximum atomic E-state index is 12.4. The molecule has 1 aliphatic heterocycles. The second kappa shape index (κ2) is 7.02. The number of hydrogen-bond acceptors (Lipinski definition) is 7. The molecule has 1 aliphatic carbocycles. The topological polar surface area (TPSA) is 103 Å². The third-order valence-electron chi connectivity index (χ3n) is 4.73. The molecule has 0 bridgehead atoms. The Morgan fingerprint density at radius 3 is 2.30 bits per heavy atom. The number of amides is 1. The van der Waals surface area contributed by atoms with E-state index in [0.29, 0.717) is 22.8 Å². The van der Waals surface area contributed by atoms with Gasteiger partial charge in [0.25, 0.3) is 5.91 Å². The number of cyclic esters (lactones) is 1. The Labute approximate surface area is 157 Å². The van der Waals surface area contributed by atoms with E-state index in [2.05, 4.69) is 5.32 Å². The van der Waals surface area contributed by atoms with Crippen LogP contribution in [-0.4, -0.2) is 50.0 Å². The van der Waals surface area contributed by atoms with Crippen LogP contribution in [-0.2, 0) is 20.7 Å². The number of methoxy groups -OCH3 is 3. The van der Waals surface area contributed by atoms with Crippen molar-refractivity contribution in [2.45, 2.75) is 37.8 Å². The van der Waals surface area contributed by atoms with Crippen LogP contribution in [0.5, 0.6) is 17.2 Å². The van der Waals surface area contributed by atoms with Gasteiger partial charge in [-0.2, -0.15) is 0 Å². The van der Waals surface area contributed by atoms with Gasteiger partial charge in [0.15, 0.2) is 17.3 Å². The van der Waals surface area contributed by atoms with Gasteiger partial charge in [0, 0.05) is 12.5 Å². The Morgan fingerprint density at radius 1 is 1.22 bits per heavy atom. The molecule has 8 heteroatoms. The number of aliphatic hydroxyl groups excluding tert-OH is 1. The number of benzene rings is 1. The van der Waals surface area contributed by atoms with E-state index in [-0.39, 0.29) is 23.8 Å². The van der Waals surface area contributed by atoms with Crippen molar-refractivity contribution < 1.29 is 33.6 Å². The van der Waals surface area contributed by atoms with Crippen molar-refractivity contribution in [3.63, 3.8) is 0 Å². The van der Waals surface area contributed by atoms with Crippen molar-refractivity contribution in [3.8, 4) is 17.2 Å². The fraction of sp³-hybridized carbons (Fsp3) is 0.474. The fourth-order valence-corrected chi connectivity index (χ4v) is 2.98. The summed E-state index contributed by atoms with van der Waals surface area (Å²) in [7, 11) is 4.47. The van der Waals surface area contributed by atoms with Gasteiger partial charge in [-0.25, -0.2) is 4.79 Å². The lowest BCUT2D eigenvalue weighted by Crippen LogP contribution is -2.47. The Balaban J connectivity index is 1.91. The maximum Gasteiger partial charge on any atom is 0.339 e. The number of esters is 1. The van der Waals surface area contributed by atoms with Gasteiger partial charge in [-0.3, -0.25) is 4.79 Å². The van der Waals surface area contributed by atoms with Crippen molar-refractivity contribution in [2.24, 2.45) is 0 Å². The molecule has 1 fully saturated rings. The zero-order valence-electron chi connectivity index (χ0n) is 15.8. The minimum absolute atomic E-state index is 0.0257. The lowest BCUT2D eigenvalue weighted by molar-refractivity contribution is -0.157. The first-order valence-corrected chi connectivity index (χ1v) is 8.59. The van der Waals surface area contributed by atoms with Gasteiger partial charge < -0.3 is 29.4 Å². The second-order valence-electron chi connectivity index (χ2n) is 6.71. The molecule has 1 aromatic carbocycles. The van der Waals surface area contributed by atoms with Crippen LogP contribution in [0.15, 0.2) is 23.5 Å². The number of ether oxygens (including phenoxy) is 4. The van der Waals surface area contributed by atoms with Gasteiger partial charge >= 0.3 is 5.97 Å². The van der Waals surface area contributed by atoms with Crippen LogP contribution in [0, 0.1) is 0 Å². The van der Waals surface area contributed by atoms with Crippen LogP contribution < -0.4 is 19.5 Å². The Hall–Kier alpha value is -2.90. The molecule has 1 aromatic rings. The predicted octanol–water partition coefficient (Wildman–Crippen LogP) is 1.66. The molecule has 0 aromatic heterocycles. The minimum atomic E-state index is -1.71. The van der Waals surface area contributed by atoms with Crippen molar-refractivity contribution in [1.82, 2.24) is 5.32 Å². The van der Waals surface area contributed by atoms with Crippen molar-refractivity contribution in [2.75, 3.05) is 21.3 Å². The molecule has 0 spiro atoms. The fourth-order valence-electron chi connectivity index (χ4n) is 2.98. The van der Waals surface area contributed by atoms with E-state index in [1.165, 1.54) is 28.3 Å². The van der Waals surface area contributed by atoms with E-state index in [9.17, 15) is 14.7 Å². The molecule has 1 saturated carbocycles. The molecule has 0 radical (unpaired) electrons. The van der Waals surface area contributed by atoms with Gasteiger partial charge in [-0.05, 0) is 37.5 Å². The maximum absolute atomic E-state index is 12.4. The summed E-state index contributed by atoms with van der Waals surface area (Å²) in [5.41, 5.74) is -1.05. The number of hydrogen-bond donors (Lipinski definition) is 2. The van der Waals surface area contributed by atoms with E-state index in [4.69, 9.17) is 18.9 Å². The predicted molar refractivity (Wildman–Crippen MR) is 95.1 cm³/mol. The van der Waals surface area contributed by atoms with Crippen LogP contribution >= 0.6 is 0 Å². The highest BCUT2D eigenvalue weighted by molar-refractivity contribution is 6.01. The molecule has 1 atom stereocenters. The average Bonchev–Trinajstić information content (AvgIpc) is 3.44. The van der Waals surface area contributed by atoms with Crippen LogP contribution in [0.1, 0.15) is 25.3 Å². The third kappa shape index (κ3) is 3.39. The molecule has 1 heterocycles. The zero-order valence-corrected chi connectivity index (χ0v) is 15.8. The van der Waals surface area contributed by atoms with Gasteiger partial charge in [0.1, 0.15) is 0 Å². The molecule has 0 saturated heterocycles. The van der Waals surface area contributed by atoms with E-state index < -0.39 is 17.5 Å². The zero-order chi connectivity index (χ0) is 19.8. The average molecular weight is 377 g/mol. The largest absolute Gasteiger partial charge is 0.507 e. The first-order valence-electron chi connectivity index (χ1n) is 8.59. The van der Waals surface area contributed by atoms with Crippen molar-refractivity contribution in [3.05, 3.63) is 29.0 Å². The van der Waals surface area contributed by atoms with Crippen LogP contribution in [0.4, 0.5) is 0 Å². The third-order valence-corrected chi connectivity index (χ3v) is 4.73. The van der Waals surface area contributed by atoms with Gasteiger partial charge in [-0.15, -0.1) is 0 Å². The van der Waals surface area contributed by atoms with Crippen molar-refractivity contribution >= 4 is 11.9 Å². The SMILES string of the molecule is COc1cc(CC2=C(O)C(C)(C(=O)NC3CC3)OC2=O)cc(OC)c1OC. The Morgan fingerprint density at radius 2 is 1.81 bits per heavy atom. The van der Waals surface area contributed by atoms with E-state index in [0.717, 1.165) is 12.8 Å². The summed E-state index contributed by atoms with van der Waals surface area (Å²) in [4.78, 5) is 24.8. The molecule has 27 heavy (non-hydrogen) atoms. The molecule has 1 unspecified atom stereocenters. The quantitative estimate of drug-likeness (QED) is 0.697. The highest BCUT2D eigenvalue weighted by Gasteiger charge is 2.51. The normalized spacial score (nSPS) is 21.7. The molecule has 3 rings (SSSR count). The first-order chi connectivity index (χ1) is 12.8. The van der Waals surface area contributed by atoms with Gasteiger partial charge in [0.05, 0.1) is 26.9 Å². The summed E-state index contributed by atoms with van der Waals surface area (Å²) in [5.74, 6) is -0.352. The number of rotatable bonds is 7. The summed E-state index contributed by atoms with van der Waals surface area (Å²) >= 11 is 0. The van der Waals surface area contributed by atoms with Crippen LogP contribution in [0.2, 0.25) is 0 Å². The number of nitrogens with one attached hydrogen (secondary N) is 1. The highest BCUT2D eigenvalue weighted by atomic mass is 16.6. The van der Waals surface area contributed by atoms with E-state index in [1.807, 2.05) is 0 Å². The van der Waals surface area contributed by atoms with Crippen molar-refractivity contribution in [1.29, 1.82) is 0 Å². The molecular weight excluding hydrogens is 354 g/mol. The molecule has 2 aliphatic rings. The van der Waals surface area contributed by atoms with Crippen LogP contribution in [0.25, 0.3) is 0 Å². The second-order valence-corrected chi connectivity index (χ2v) is 6.71. The summed E-state index contributed by atoms with van der Waals surface area (Å²) in [6, 6.07) is 3.43. The summed E-state index contributed by atoms with van der Waals surface area (Å²) in [6.07, 6.45) is 1.82. The standard InChI is InChI=1S/C19H23NO7/c1-19(18(23)20-11-5-6-11)16(21)12(17(22)27-19)7-10-8-13(24-2)15(26-4)14(9-10)25-3/h8-9,11,21H,5-7H2,1-4H3,(H,20,23). The Bertz CT molecular complexity index is 787. The summed E-state index contributed by atoms with van der Waals surface area (Å²) in [5, 5.41) is 13.3. The lowest BCUT2D eigenvalue weighted by atomic mass is 9.97. The summed E-state index contributed by atoms with van der Waals surface area (Å²) < 4.78 is 21.1. The smallest absolute Gasteiger partial charge is 0.339 e. The number of carbonyl (C=O) groups excluding carboxylic acids is 2. The molecule has 2 N–H and O–H groups in total. The van der Waals surface area contributed by atoms with E-state index in [1.54, 1.807) is 12.1 Å². The first kappa shape index (κ1) is 18.9. The van der Waals surface area contributed by atoms with Gasteiger partial charge in [0.2, 0.25) is 11.4 Å².